The topological polar surface area (TPSA) is 58.4 Å². The van der Waals surface area contributed by atoms with E-state index >= 15 is 0 Å². The Kier molecular flexibility index (Phi) is 3.35. The molecule has 2 atom stereocenters. The number of carbonyl (C=O) groups excluding carboxylic acids is 1. The summed E-state index contributed by atoms with van der Waals surface area (Å²) in [6.07, 6.45) is 9.29. The Hall–Kier alpha value is -2.32. The number of rotatable bonds is 2. The molecule has 5 rings (SSSR count). The summed E-state index contributed by atoms with van der Waals surface area (Å²) in [6.45, 7) is 4.48. The number of hydrogen-bond donors (Lipinski definition) is 1. The van der Waals surface area contributed by atoms with Crippen molar-refractivity contribution in [3.8, 4) is 12.3 Å². The molecule has 0 aromatic carbocycles. The fraction of sp³-hybridized carbons (Fsp3) is 0.444. The summed E-state index contributed by atoms with van der Waals surface area (Å²) >= 11 is 0. The van der Waals surface area contributed by atoms with Crippen LogP contribution in [0.4, 0.5) is 0 Å². The lowest BCUT2D eigenvalue weighted by atomic mass is 9.79. The van der Waals surface area contributed by atoms with Gasteiger partial charge in [-0.05, 0) is 44.7 Å². The summed E-state index contributed by atoms with van der Waals surface area (Å²) in [5, 5.41) is 3.99. The molecule has 23 heavy (non-hydrogen) atoms. The first kappa shape index (κ1) is 14.3. The average Bonchev–Trinajstić information content (AvgIpc) is 3.00. The molecule has 1 N–H and O–H groups in total. The van der Waals surface area contributed by atoms with E-state index in [1.54, 1.807) is 18.3 Å². The van der Waals surface area contributed by atoms with Crippen molar-refractivity contribution in [3.63, 3.8) is 0 Å². The lowest BCUT2D eigenvalue weighted by Gasteiger charge is -2.49. The van der Waals surface area contributed by atoms with E-state index in [4.69, 9.17) is 10.8 Å². The normalized spacial score (nSPS) is 29.4. The smallest absolute Gasteiger partial charge is 0.270 e. The SMILES string of the molecule is C#Cc1cc2cnc(C(=O)NC3C4CCN(CC4)C3C)cc2o1. The van der Waals surface area contributed by atoms with Crippen molar-refractivity contribution in [2.24, 2.45) is 5.92 Å². The average molecular weight is 309 g/mol. The van der Waals surface area contributed by atoms with Crippen LogP contribution in [0.1, 0.15) is 36.0 Å². The second-order valence-electron chi connectivity index (χ2n) is 6.48. The highest BCUT2D eigenvalue weighted by Gasteiger charge is 2.40. The van der Waals surface area contributed by atoms with E-state index in [1.165, 1.54) is 0 Å². The molecule has 2 unspecified atom stereocenters. The predicted octanol–water partition coefficient (Wildman–Crippen LogP) is 2.02. The summed E-state index contributed by atoms with van der Waals surface area (Å²) in [5.74, 6) is 3.33. The highest BCUT2D eigenvalue weighted by molar-refractivity contribution is 5.95. The van der Waals surface area contributed by atoms with Crippen molar-refractivity contribution < 1.29 is 9.21 Å². The Balaban J connectivity index is 1.56. The third-order valence-corrected chi connectivity index (χ3v) is 5.25. The maximum Gasteiger partial charge on any atom is 0.270 e. The number of nitrogens with one attached hydrogen (secondary N) is 1. The highest BCUT2D eigenvalue weighted by Crippen LogP contribution is 2.32. The van der Waals surface area contributed by atoms with Crippen LogP contribution in [0.25, 0.3) is 11.0 Å². The molecule has 5 nitrogen and oxygen atoms in total. The largest absolute Gasteiger partial charge is 0.448 e. The molecule has 2 aromatic heterocycles. The van der Waals surface area contributed by atoms with Gasteiger partial charge in [-0.1, -0.05) is 0 Å². The summed E-state index contributed by atoms with van der Waals surface area (Å²) in [7, 11) is 0. The molecule has 2 bridgehead atoms. The van der Waals surface area contributed by atoms with E-state index < -0.39 is 0 Å². The molecule has 2 aromatic rings. The number of amides is 1. The first-order chi connectivity index (χ1) is 11.2. The van der Waals surface area contributed by atoms with Gasteiger partial charge < -0.3 is 9.73 Å². The lowest BCUT2D eigenvalue weighted by molar-refractivity contribution is 0.0216. The lowest BCUT2D eigenvalue weighted by Crippen LogP contribution is -2.62. The van der Waals surface area contributed by atoms with Crippen molar-refractivity contribution in [1.29, 1.82) is 0 Å². The van der Waals surface area contributed by atoms with E-state index in [-0.39, 0.29) is 11.9 Å². The van der Waals surface area contributed by atoms with Crippen LogP contribution in [0.15, 0.2) is 22.7 Å². The Bertz CT molecular complexity index is 794. The first-order valence-electron chi connectivity index (χ1n) is 8.07. The van der Waals surface area contributed by atoms with E-state index in [2.05, 4.69) is 28.0 Å². The van der Waals surface area contributed by atoms with Crippen LogP contribution in [-0.4, -0.2) is 41.0 Å². The zero-order valence-electron chi connectivity index (χ0n) is 13.1. The van der Waals surface area contributed by atoms with Gasteiger partial charge in [-0.2, -0.15) is 0 Å². The number of piperidine rings is 3. The van der Waals surface area contributed by atoms with Gasteiger partial charge in [-0.3, -0.25) is 14.7 Å². The summed E-state index contributed by atoms with van der Waals surface area (Å²) in [4.78, 5) is 19.3. The quantitative estimate of drug-likeness (QED) is 0.862. The zero-order chi connectivity index (χ0) is 16.0. The second kappa shape index (κ2) is 5.39. The van der Waals surface area contributed by atoms with Crippen molar-refractivity contribution in [2.45, 2.75) is 31.8 Å². The molecule has 118 valence electrons. The van der Waals surface area contributed by atoms with Crippen LogP contribution < -0.4 is 5.32 Å². The van der Waals surface area contributed by atoms with Crippen LogP contribution in [0, 0.1) is 18.3 Å². The zero-order valence-corrected chi connectivity index (χ0v) is 13.1. The van der Waals surface area contributed by atoms with Gasteiger partial charge in [0.15, 0.2) is 5.76 Å². The maximum atomic E-state index is 12.6. The molecule has 3 aliphatic heterocycles. The van der Waals surface area contributed by atoms with Gasteiger partial charge in [0.1, 0.15) is 11.3 Å². The Morgan fingerprint density at radius 3 is 2.91 bits per heavy atom. The summed E-state index contributed by atoms with van der Waals surface area (Å²) < 4.78 is 5.50. The molecule has 0 spiro atoms. The number of furan rings is 1. The fourth-order valence-corrected chi connectivity index (χ4v) is 3.90. The third kappa shape index (κ3) is 2.40. The van der Waals surface area contributed by atoms with E-state index in [0.717, 1.165) is 31.3 Å². The molecule has 1 amide bonds. The number of fused-ring (bicyclic) bond motifs is 4. The molecular formula is C18H19N3O2. The Morgan fingerprint density at radius 2 is 2.22 bits per heavy atom. The standard InChI is InChI=1S/C18H19N3O2/c1-3-14-8-13-10-19-15(9-16(13)23-14)18(22)20-17-11(2)21-6-4-12(17)5-7-21/h1,8-12,17H,4-7H2,2H3,(H,20,22). The minimum atomic E-state index is -0.142. The fourth-order valence-electron chi connectivity index (χ4n) is 3.90. The van der Waals surface area contributed by atoms with Gasteiger partial charge in [0, 0.05) is 35.8 Å². The molecule has 0 saturated carbocycles. The number of pyridine rings is 1. The molecule has 3 saturated heterocycles. The van der Waals surface area contributed by atoms with Crippen molar-refractivity contribution in [2.75, 3.05) is 13.1 Å². The molecule has 0 aliphatic carbocycles. The Labute approximate surface area is 135 Å². The number of hydrogen-bond acceptors (Lipinski definition) is 4. The van der Waals surface area contributed by atoms with E-state index in [1.807, 2.05) is 0 Å². The van der Waals surface area contributed by atoms with Gasteiger partial charge in [0.05, 0.1) is 0 Å². The van der Waals surface area contributed by atoms with Crippen LogP contribution in [0.3, 0.4) is 0 Å². The number of carbonyl (C=O) groups is 1. The Morgan fingerprint density at radius 1 is 1.43 bits per heavy atom. The molecule has 0 radical (unpaired) electrons. The van der Waals surface area contributed by atoms with Crippen LogP contribution >= 0.6 is 0 Å². The van der Waals surface area contributed by atoms with Crippen LogP contribution in [0.2, 0.25) is 0 Å². The molecule has 3 fully saturated rings. The van der Waals surface area contributed by atoms with Crippen molar-refractivity contribution in [3.05, 3.63) is 29.8 Å². The predicted molar refractivity (Wildman–Crippen MR) is 87.0 cm³/mol. The maximum absolute atomic E-state index is 12.6. The summed E-state index contributed by atoms with van der Waals surface area (Å²) in [5.41, 5.74) is 0.971. The number of terminal acetylenes is 1. The minimum Gasteiger partial charge on any atom is -0.448 e. The first-order valence-corrected chi connectivity index (χ1v) is 8.07. The molecule has 5 heteroatoms. The molecule has 3 aliphatic rings. The highest BCUT2D eigenvalue weighted by atomic mass is 16.3. The van der Waals surface area contributed by atoms with Gasteiger partial charge in [-0.15, -0.1) is 6.42 Å². The van der Waals surface area contributed by atoms with Crippen molar-refractivity contribution >= 4 is 16.9 Å². The van der Waals surface area contributed by atoms with Crippen LogP contribution in [0.5, 0.6) is 0 Å². The molecular weight excluding hydrogens is 290 g/mol. The van der Waals surface area contributed by atoms with Gasteiger partial charge in [0.25, 0.3) is 5.91 Å². The van der Waals surface area contributed by atoms with E-state index in [0.29, 0.717) is 29.0 Å². The van der Waals surface area contributed by atoms with Gasteiger partial charge in [-0.25, -0.2) is 0 Å². The third-order valence-electron chi connectivity index (χ3n) is 5.25. The van der Waals surface area contributed by atoms with Crippen LogP contribution in [-0.2, 0) is 0 Å². The second-order valence-corrected chi connectivity index (χ2v) is 6.48. The van der Waals surface area contributed by atoms with Gasteiger partial charge >= 0.3 is 0 Å². The minimum absolute atomic E-state index is 0.142. The number of aromatic nitrogens is 1. The van der Waals surface area contributed by atoms with Crippen molar-refractivity contribution in [1.82, 2.24) is 15.2 Å². The monoisotopic (exact) mass is 309 g/mol. The summed E-state index contributed by atoms with van der Waals surface area (Å²) in [6, 6.07) is 3.99. The number of nitrogens with zero attached hydrogens (tertiary/aromatic N) is 2. The molecule has 5 heterocycles. The van der Waals surface area contributed by atoms with E-state index in [9.17, 15) is 4.79 Å². The van der Waals surface area contributed by atoms with Gasteiger partial charge in [0.2, 0.25) is 0 Å².